The van der Waals surface area contributed by atoms with Gasteiger partial charge < -0.3 is 10.6 Å². The van der Waals surface area contributed by atoms with E-state index in [4.69, 9.17) is 0 Å². The molecule has 3 heteroatoms. The minimum absolute atomic E-state index is 0.0166. The highest BCUT2D eigenvalue weighted by molar-refractivity contribution is 5.82. The lowest BCUT2D eigenvalue weighted by Crippen LogP contribution is -2.49. The Morgan fingerprint density at radius 2 is 1.64 bits per heavy atom. The summed E-state index contributed by atoms with van der Waals surface area (Å²) in [6, 6.07) is -0.143. The Morgan fingerprint density at radius 1 is 1.14 bits per heavy atom. The molecule has 0 saturated heterocycles. The lowest BCUT2D eigenvalue weighted by Gasteiger charge is -2.24. The topological polar surface area (TPSA) is 41.1 Å². The van der Waals surface area contributed by atoms with E-state index in [0.29, 0.717) is 11.8 Å². The average Bonchev–Trinajstić information content (AvgIpc) is 2.04. The minimum Gasteiger partial charge on any atom is -0.352 e. The van der Waals surface area contributed by atoms with Crippen LogP contribution in [0.5, 0.6) is 0 Å². The van der Waals surface area contributed by atoms with Crippen molar-refractivity contribution in [2.45, 2.75) is 39.8 Å². The van der Waals surface area contributed by atoms with Crippen molar-refractivity contribution in [2.24, 2.45) is 11.8 Å². The molecule has 0 saturated carbocycles. The number of likely N-dealkylation sites (N-methyl/N-ethyl adjacent to an activating group) is 1. The van der Waals surface area contributed by atoms with E-state index in [1.165, 1.54) is 0 Å². The molecule has 0 aromatic rings. The number of nitrogens with one attached hydrogen (secondary N) is 2. The predicted octanol–water partition coefficient (Wildman–Crippen LogP) is 1.21. The van der Waals surface area contributed by atoms with Gasteiger partial charge in [-0.2, -0.15) is 0 Å². The van der Waals surface area contributed by atoms with Crippen LogP contribution in [0.15, 0.2) is 0 Å². The number of hydrogen-bond acceptors (Lipinski definition) is 2. The first-order valence-corrected chi connectivity index (χ1v) is 5.20. The third-order valence-electron chi connectivity index (χ3n) is 2.39. The molecule has 0 aliphatic carbocycles. The van der Waals surface area contributed by atoms with Gasteiger partial charge in [0.25, 0.3) is 0 Å². The Bertz CT molecular complexity index is 178. The Hall–Kier alpha value is -0.570. The second kappa shape index (κ2) is 6.02. The van der Waals surface area contributed by atoms with Crippen molar-refractivity contribution in [1.29, 1.82) is 0 Å². The van der Waals surface area contributed by atoms with Crippen LogP contribution in [0.1, 0.15) is 27.7 Å². The van der Waals surface area contributed by atoms with Gasteiger partial charge in [0.2, 0.25) is 5.91 Å². The third-order valence-corrected chi connectivity index (χ3v) is 2.39. The smallest absolute Gasteiger partial charge is 0.237 e. The van der Waals surface area contributed by atoms with Crippen LogP contribution in [-0.4, -0.2) is 25.0 Å². The van der Waals surface area contributed by atoms with Crippen molar-refractivity contribution in [3.8, 4) is 0 Å². The maximum Gasteiger partial charge on any atom is 0.237 e. The van der Waals surface area contributed by atoms with Crippen molar-refractivity contribution >= 4 is 5.91 Å². The third kappa shape index (κ3) is 4.09. The number of carbonyl (C=O) groups is 1. The Kier molecular flexibility index (Phi) is 5.77. The Labute approximate surface area is 87.6 Å². The van der Waals surface area contributed by atoms with Gasteiger partial charge >= 0.3 is 0 Å². The van der Waals surface area contributed by atoms with E-state index >= 15 is 0 Å². The van der Waals surface area contributed by atoms with E-state index < -0.39 is 0 Å². The summed E-state index contributed by atoms with van der Waals surface area (Å²) >= 11 is 0. The van der Waals surface area contributed by atoms with E-state index in [-0.39, 0.29) is 18.0 Å². The molecule has 0 heterocycles. The summed E-state index contributed by atoms with van der Waals surface area (Å²) in [5, 5.41) is 5.90. The summed E-state index contributed by atoms with van der Waals surface area (Å²) in [6.07, 6.45) is 0. The van der Waals surface area contributed by atoms with E-state index in [0.717, 1.165) is 0 Å². The highest BCUT2D eigenvalue weighted by Gasteiger charge is 2.21. The molecule has 0 fully saturated rings. The predicted molar refractivity (Wildman–Crippen MR) is 59.8 cm³/mol. The van der Waals surface area contributed by atoms with Crippen molar-refractivity contribution in [3.63, 3.8) is 0 Å². The first-order chi connectivity index (χ1) is 6.40. The molecule has 83 valence electrons. The molecule has 1 radical (unpaired) electrons. The summed E-state index contributed by atoms with van der Waals surface area (Å²) in [6.45, 7) is 12.0. The molecule has 0 aromatic carbocycles. The zero-order chi connectivity index (χ0) is 11.3. The monoisotopic (exact) mass is 199 g/mol. The molecule has 0 rings (SSSR count). The highest BCUT2D eigenvalue weighted by Crippen LogP contribution is 2.04. The maximum absolute atomic E-state index is 11.7. The van der Waals surface area contributed by atoms with E-state index in [9.17, 15) is 4.79 Å². The zero-order valence-electron chi connectivity index (χ0n) is 9.92. The highest BCUT2D eigenvalue weighted by atomic mass is 16.2. The van der Waals surface area contributed by atoms with Crippen LogP contribution >= 0.6 is 0 Å². The molecule has 3 nitrogen and oxygen atoms in total. The Morgan fingerprint density at radius 3 is 1.93 bits per heavy atom. The van der Waals surface area contributed by atoms with Crippen LogP contribution in [0.25, 0.3) is 0 Å². The van der Waals surface area contributed by atoms with Crippen LogP contribution in [0.4, 0.5) is 0 Å². The molecule has 2 N–H and O–H groups in total. The van der Waals surface area contributed by atoms with Gasteiger partial charge in [0.05, 0.1) is 6.04 Å². The summed E-state index contributed by atoms with van der Waals surface area (Å²) in [7, 11) is 1.80. The maximum atomic E-state index is 11.7. The fraction of sp³-hybridized carbons (Fsp3) is 0.818. The van der Waals surface area contributed by atoms with Gasteiger partial charge in [-0.25, -0.2) is 0 Å². The lowest BCUT2D eigenvalue weighted by atomic mass is 10.0. The fourth-order valence-corrected chi connectivity index (χ4v) is 1.21. The van der Waals surface area contributed by atoms with Crippen molar-refractivity contribution in [2.75, 3.05) is 7.05 Å². The first-order valence-electron chi connectivity index (χ1n) is 5.20. The molecule has 1 amide bonds. The molecular formula is C11H23N2O. The standard InChI is InChI=1S/C11H23N2O/c1-7(2)9(5)13-11(14)10(12-6)8(3)4/h7-10,12H,5H2,1-4,6H3,(H,13,14)/t9-,10-/m0/s1. The van der Waals surface area contributed by atoms with Gasteiger partial charge in [-0.1, -0.05) is 27.7 Å². The number of hydrogen-bond donors (Lipinski definition) is 2. The van der Waals surface area contributed by atoms with Crippen LogP contribution in [0, 0.1) is 18.8 Å². The normalized spacial score (nSPS) is 15.7. The Balaban J connectivity index is 4.18. The summed E-state index contributed by atoms with van der Waals surface area (Å²) < 4.78 is 0. The van der Waals surface area contributed by atoms with Gasteiger partial charge in [0.15, 0.2) is 0 Å². The largest absolute Gasteiger partial charge is 0.352 e. The van der Waals surface area contributed by atoms with Crippen molar-refractivity contribution in [3.05, 3.63) is 6.92 Å². The van der Waals surface area contributed by atoms with Crippen molar-refractivity contribution < 1.29 is 4.79 Å². The molecule has 0 spiro atoms. The number of carbonyl (C=O) groups excluding carboxylic acids is 1. The van der Waals surface area contributed by atoms with Gasteiger partial charge in [-0.05, 0) is 25.8 Å². The SMILES string of the molecule is [CH2][C@H](NC(=O)[C@@H](NC)C(C)C)C(C)C. The van der Waals surface area contributed by atoms with Gasteiger partial charge in [-0.3, -0.25) is 4.79 Å². The summed E-state index contributed by atoms with van der Waals surface area (Å²) in [4.78, 5) is 11.7. The molecule has 0 aliphatic heterocycles. The molecule has 0 bridgehead atoms. The fourth-order valence-electron chi connectivity index (χ4n) is 1.21. The molecule has 2 atom stereocenters. The molecule has 0 unspecified atom stereocenters. The van der Waals surface area contributed by atoms with Gasteiger partial charge in [0, 0.05) is 6.04 Å². The van der Waals surface area contributed by atoms with Crippen LogP contribution in [0.3, 0.4) is 0 Å². The first kappa shape index (κ1) is 13.4. The molecule has 0 aromatic heterocycles. The van der Waals surface area contributed by atoms with Crippen LogP contribution in [-0.2, 0) is 4.79 Å². The average molecular weight is 199 g/mol. The zero-order valence-corrected chi connectivity index (χ0v) is 9.92. The van der Waals surface area contributed by atoms with E-state index in [1.807, 2.05) is 27.7 Å². The van der Waals surface area contributed by atoms with Crippen LogP contribution in [0.2, 0.25) is 0 Å². The van der Waals surface area contributed by atoms with E-state index in [2.05, 4.69) is 17.6 Å². The summed E-state index contributed by atoms with van der Waals surface area (Å²) in [5.74, 6) is 0.694. The molecular weight excluding hydrogens is 176 g/mol. The van der Waals surface area contributed by atoms with Crippen molar-refractivity contribution in [1.82, 2.24) is 10.6 Å². The van der Waals surface area contributed by atoms with Gasteiger partial charge in [0.1, 0.15) is 0 Å². The van der Waals surface area contributed by atoms with E-state index in [1.54, 1.807) is 7.05 Å². The second-order valence-electron chi connectivity index (χ2n) is 4.37. The number of amides is 1. The summed E-state index contributed by atoms with van der Waals surface area (Å²) in [5.41, 5.74) is 0. The van der Waals surface area contributed by atoms with Crippen LogP contribution < -0.4 is 10.6 Å². The number of rotatable bonds is 5. The molecule has 14 heavy (non-hydrogen) atoms. The van der Waals surface area contributed by atoms with Gasteiger partial charge in [-0.15, -0.1) is 0 Å². The molecule has 0 aliphatic rings. The quantitative estimate of drug-likeness (QED) is 0.698. The minimum atomic E-state index is -0.127. The lowest BCUT2D eigenvalue weighted by molar-refractivity contribution is -0.124. The second-order valence-corrected chi connectivity index (χ2v) is 4.37.